The fourth-order valence-corrected chi connectivity index (χ4v) is 1.03. The Morgan fingerprint density at radius 2 is 2.17 bits per heavy atom. The zero-order valence-electron chi connectivity index (χ0n) is 7.13. The van der Waals surface area contributed by atoms with Crippen LogP contribution in [0.5, 0.6) is 5.75 Å². The first-order valence-corrected chi connectivity index (χ1v) is 3.59. The van der Waals surface area contributed by atoms with Crippen LogP contribution in [-0.2, 0) is 0 Å². The molecule has 0 aromatic heterocycles. The van der Waals surface area contributed by atoms with Gasteiger partial charge in [-0.25, -0.2) is 0 Å². The standard InChI is InChI=1S/C9H11NO2/c1-6-7(5-11)3-4-8(12-2)9(6)10/h3-5H,10H2,1-2H3. The third-order valence-corrected chi connectivity index (χ3v) is 1.86. The van der Waals surface area contributed by atoms with Crippen LogP contribution in [0.25, 0.3) is 0 Å². The third kappa shape index (κ3) is 1.25. The van der Waals surface area contributed by atoms with Crippen LogP contribution in [0.1, 0.15) is 15.9 Å². The second-order valence-corrected chi connectivity index (χ2v) is 2.51. The molecule has 0 unspecified atom stereocenters. The van der Waals surface area contributed by atoms with Gasteiger partial charge in [0.1, 0.15) is 12.0 Å². The van der Waals surface area contributed by atoms with Gasteiger partial charge in [-0.1, -0.05) is 0 Å². The molecule has 0 aliphatic carbocycles. The van der Waals surface area contributed by atoms with Crippen molar-refractivity contribution in [3.05, 3.63) is 23.3 Å². The first-order chi connectivity index (χ1) is 5.70. The minimum atomic E-state index is 0.530. The molecular weight excluding hydrogens is 154 g/mol. The molecule has 0 spiro atoms. The summed E-state index contributed by atoms with van der Waals surface area (Å²) in [6.45, 7) is 1.79. The molecule has 3 nitrogen and oxygen atoms in total. The predicted molar refractivity (Wildman–Crippen MR) is 47.5 cm³/mol. The van der Waals surface area contributed by atoms with E-state index in [1.807, 2.05) is 0 Å². The van der Waals surface area contributed by atoms with Crippen molar-refractivity contribution in [1.29, 1.82) is 0 Å². The molecule has 3 heteroatoms. The van der Waals surface area contributed by atoms with Gasteiger partial charge in [0.15, 0.2) is 0 Å². The molecule has 0 radical (unpaired) electrons. The van der Waals surface area contributed by atoms with Crippen LogP contribution in [0.2, 0.25) is 0 Å². The van der Waals surface area contributed by atoms with Gasteiger partial charge in [0.2, 0.25) is 0 Å². The highest BCUT2D eigenvalue weighted by Gasteiger charge is 2.05. The number of hydrogen-bond donors (Lipinski definition) is 1. The second kappa shape index (κ2) is 3.26. The Hall–Kier alpha value is -1.51. The molecule has 0 aliphatic heterocycles. The van der Waals surface area contributed by atoms with Crippen LogP contribution in [-0.4, -0.2) is 13.4 Å². The van der Waals surface area contributed by atoms with Crippen LogP contribution in [0, 0.1) is 6.92 Å². The number of hydrogen-bond acceptors (Lipinski definition) is 3. The van der Waals surface area contributed by atoms with Gasteiger partial charge in [0, 0.05) is 5.56 Å². The molecule has 0 bridgehead atoms. The van der Waals surface area contributed by atoms with Gasteiger partial charge in [-0.3, -0.25) is 4.79 Å². The number of anilines is 1. The average molecular weight is 165 g/mol. The van der Waals surface area contributed by atoms with Gasteiger partial charge in [-0.15, -0.1) is 0 Å². The molecule has 2 N–H and O–H groups in total. The second-order valence-electron chi connectivity index (χ2n) is 2.51. The molecule has 0 aliphatic rings. The van der Waals surface area contributed by atoms with Crippen molar-refractivity contribution in [2.75, 3.05) is 12.8 Å². The fraction of sp³-hybridized carbons (Fsp3) is 0.222. The lowest BCUT2D eigenvalue weighted by molar-refractivity contribution is 0.112. The van der Waals surface area contributed by atoms with Gasteiger partial charge >= 0.3 is 0 Å². The molecule has 64 valence electrons. The van der Waals surface area contributed by atoms with Crippen molar-refractivity contribution in [3.63, 3.8) is 0 Å². The molecule has 1 aromatic carbocycles. The smallest absolute Gasteiger partial charge is 0.150 e. The number of rotatable bonds is 2. The molecule has 1 rings (SSSR count). The van der Waals surface area contributed by atoms with E-state index in [9.17, 15) is 4.79 Å². The Balaban J connectivity index is 3.29. The van der Waals surface area contributed by atoms with Crippen molar-refractivity contribution in [3.8, 4) is 5.75 Å². The van der Waals surface area contributed by atoms with Gasteiger partial charge in [-0.2, -0.15) is 0 Å². The summed E-state index contributed by atoms with van der Waals surface area (Å²) in [6.07, 6.45) is 0.783. The summed E-state index contributed by atoms with van der Waals surface area (Å²) < 4.78 is 4.98. The summed E-state index contributed by atoms with van der Waals surface area (Å²) in [7, 11) is 1.55. The van der Waals surface area contributed by atoms with E-state index in [0.29, 0.717) is 17.0 Å². The molecule has 0 atom stereocenters. The summed E-state index contributed by atoms with van der Waals surface area (Å²) in [4.78, 5) is 10.5. The Morgan fingerprint density at radius 3 is 2.67 bits per heavy atom. The Labute approximate surface area is 71.1 Å². The molecule has 0 heterocycles. The molecule has 0 fully saturated rings. The van der Waals surface area contributed by atoms with Crippen LogP contribution in [0.4, 0.5) is 5.69 Å². The summed E-state index contributed by atoms with van der Waals surface area (Å²) >= 11 is 0. The van der Waals surface area contributed by atoms with Crippen molar-refractivity contribution in [1.82, 2.24) is 0 Å². The number of methoxy groups -OCH3 is 1. The maximum Gasteiger partial charge on any atom is 0.150 e. The van der Waals surface area contributed by atoms with E-state index >= 15 is 0 Å². The predicted octanol–water partition coefficient (Wildman–Crippen LogP) is 1.40. The Kier molecular flexibility index (Phi) is 2.33. The molecule has 0 amide bonds. The van der Waals surface area contributed by atoms with E-state index in [2.05, 4.69) is 0 Å². The highest BCUT2D eigenvalue weighted by atomic mass is 16.5. The maximum atomic E-state index is 10.5. The van der Waals surface area contributed by atoms with E-state index in [4.69, 9.17) is 10.5 Å². The van der Waals surface area contributed by atoms with E-state index < -0.39 is 0 Å². The minimum absolute atomic E-state index is 0.530. The number of nitrogen functional groups attached to an aromatic ring is 1. The third-order valence-electron chi connectivity index (χ3n) is 1.86. The fourth-order valence-electron chi connectivity index (χ4n) is 1.03. The number of ether oxygens (including phenoxy) is 1. The Bertz CT molecular complexity index is 308. The van der Waals surface area contributed by atoms with Gasteiger partial charge in [0.05, 0.1) is 12.8 Å². The topological polar surface area (TPSA) is 52.3 Å². The summed E-state index contributed by atoms with van der Waals surface area (Å²) in [6, 6.07) is 3.38. The van der Waals surface area contributed by atoms with Crippen molar-refractivity contribution < 1.29 is 9.53 Å². The van der Waals surface area contributed by atoms with Crippen molar-refractivity contribution in [2.45, 2.75) is 6.92 Å². The van der Waals surface area contributed by atoms with Gasteiger partial charge in [-0.05, 0) is 24.6 Å². The highest BCUT2D eigenvalue weighted by Crippen LogP contribution is 2.26. The average Bonchev–Trinajstić information content (AvgIpc) is 2.10. The minimum Gasteiger partial charge on any atom is -0.495 e. The SMILES string of the molecule is COc1ccc(C=O)c(C)c1N. The number of aldehydes is 1. The molecule has 0 saturated heterocycles. The molecule has 0 saturated carbocycles. The molecular formula is C9H11NO2. The molecule has 1 aromatic rings. The maximum absolute atomic E-state index is 10.5. The van der Waals surface area contributed by atoms with E-state index in [0.717, 1.165) is 11.8 Å². The summed E-state index contributed by atoms with van der Waals surface area (Å²) in [5, 5.41) is 0. The van der Waals surface area contributed by atoms with Gasteiger partial charge < -0.3 is 10.5 Å². The van der Waals surface area contributed by atoms with Crippen LogP contribution < -0.4 is 10.5 Å². The lowest BCUT2D eigenvalue weighted by Crippen LogP contribution is -1.98. The monoisotopic (exact) mass is 165 g/mol. The lowest BCUT2D eigenvalue weighted by atomic mass is 10.1. The summed E-state index contributed by atoms with van der Waals surface area (Å²) in [5.41, 5.74) is 7.59. The zero-order chi connectivity index (χ0) is 9.14. The normalized spacial score (nSPS) is 9.50. The number of nitrogens with two attached hydrogens (primary N) is 1. The largest absolute Gasteiger partial charge is 0.495 e. The quantitative estimate of drug-likeness (QED) is 0.532. The van der Waals surface area contributed by atoms with E-state index in [1.54, 1.807) is 26.2 Å². The zero-order valence-corrected chi connectivity index (χ0v) is 7.13. The lowest BCUT2D eigenvalue weighted by Gasteiger charge is -2.07. The number of carbonyl (C=O) groups excluding carboxylic acids is 1. The number of carbonyl (C=O) groups is 1. The first kappa shape index (κ1) is 8.59. The summed E-state index contributed by atoms with van der Waals surface area (Å²) in [5.74, 6) is 0.609. The van der Waals surface area contributed by atoms with E-state index in [-0.39, 0.29) is 0 Å². The molecule has 12 heavy (non-hydrogen) atoms. The van der Waals surface area contributed by atoms with Crippen LogP contribution in [0.15, 0.2) is 12.1 Å². The Morgan fingerprint density at radius 1 is 1.50 bits per heavy atom. The van der Waals surface area contributed by atoms with E-state index in [1.165, 1.54) is 0 Å². The van der Waals surface area contributed by atoms with Crippen molar-refractivity contribution >= 4 is 12.0 Å². The first-order valence-electron chi connectivity index (χ1n) is 3.59. The van der Waals surface area contributed by atoms with Crippen molar-refractivity contribution in [2.24, 2.45) is 0 Å². The number of benzene rings is 1. The van der Waals surface area contributed by atoms with Crippen LogP contribution in [0.3, 0.4) is 0 Å². The van der Waals surface area contributed by atoms with Crippen LogP contribution >= 0.6 is 0 Å². The highest BCUT2D eigenvalue weighted by molar-refractivity contribution is 5.81. The van der Waals surface area contributed by atoms with Gasteiger partial charge in [0.25, 0.3) is 0 Å².